The predicted molar refractivity (Wildman–Crippen MR) is 84.0 cm³/mol. The van der Waals surface area contributed by atoms with Crippen LogP contribution in [0.5, 0.6) is 11.5 Å². The molecule has 0 radical (unpaired) electrons. The van der Waals surface area contributed by atoms with Crippen LogP contribution in [0.1, 0.15) is 12.5 Å². The molecule has 7 nitrogen and oxygen atoms in total. The van der Waals surface area contributed by atoms with Crippen molar-refractivity contribution in [1.82, 2.24) is 10.2 Å². The largest absolute Gasteiger partial charge is 0.486 e. The zero-order valence-electron chi connectivity index (χ0n) is 13.4. The molecule has 0 bridgehead atoms. The maximum atomic E-state index is 11.9. The molecule has 0 saturated heterocycles. The predicted octanol–water partition coefficient (Wildman–Crippen LogP) is 1.36. The van der Waals surface area contributed by atoms with E-state index in [9.17, 15) is 9.59 Å². The number of carbonyl (C=O) groups excluding carboxylic acids is 1. The number of rotatable bonds is 6. The summed E-state index contributed by atoms with van der Waals surface area (Å²) in [6.45, 7) is 3.31. The van der Waals surface area contributed by atoms with Crippen LogP contribution in [0.15, 0.2) is 18.2 Å². The number of carboxylic acid groups (broad SMARTS) is 1. The average molecular weight is 322 g/mol. The fourth-order valence-corrected chi connectivity index (χ4v) is 2.26. The van der Waals surface area contributed by atoms with Crippen LogP contribution in [0.4, 0.5) is 4.79 Å². The number of benzene rings is 1. The van der Waals surface area contributed by atoms with Crippen molar-refractivity contribution in [2.75, 3.05) is 33.4 Å². The highest BCUT2D eigenvalue weighted by atomic mass is 16.6. The number of hydrogen-bond donors (Lipinski definition) is 2. The topological polar surface area (TPSA) is 88.1 Å². The van der Waals surface area contributed by atoms with Crippen molar-refractivity contribution in [3.05, 3.63) is 23.8 Å². The molecule has 2 rings (SSSR count). The lowest BCUT2D eigenvalue weighted by molar-refractivity contribution is -0.141. The summed E-state index contributed by atoms with van der Waals surface area (Å²) in [6, 6.07) is 5.44. The Bertz CT molecular complexity index is 576. The molecule has 2 N–H and O–H groups in total. The fourth-order valence-electron chi connectivity index (χ4n) is 2.26. The maximum Gasteiger partial charge on any atom is 0.317 e. The first kappa shape index (κ1) is 16.9. The molecule has 0 saturated carbocycles. The molecule has 1 aromatic rings. The van der Waals surface area contributed by atoms with Crippen LogP contribution < -0.4 is 14.8 Å². The van der Waals surface area contributed by atoms with E-state index in [1.54, 1.807) is 14.0 Å². The van der Waals surface area contributed by atoms with Gasteiger partial charge < -0.3 is 24.8 Å². The fraction of sp³-hybridized carbons (Fsp3) is 0.500. The van der Waals surface area contributed by atoms with Gasteiger partial charge in [0.1, 0.15) is 13.2 Å². The van der Waals surface area contributed by atoms with Gasteiger partial charge in [-0.15, -0.1) is 0 Å². The molecule has 7 heteroatoms. The van der Waals surface area contributed by atoms with Gasteiger partial charge in [-0.25, -0.2) is 4.79 Å². The van der Waals surface area contributed by atoms with E-state index in [1.807, 2.05) is 18.2 Å². The lowest BCUT2D eigenvalue weighted by Crippen LogP contribution is -2.41. The SMILES string of the molecule is CC(CN(C)C(=O)NCCc1ccc2c(c1)OCCO2)C(=O)O. The highest BCUT2D eigenvalue weighted by Gasteiger charge is 2.17. The molecule has 1 heterocycles. The number of carbonyl (C=O) groups is 2. The molecule has 0 spiro atoms. The summed E-state index contributed by atoms with van der Waals surface area (Å²) < 4.78 is 11.0. The normalized spacial score (nSPS) is 14.0. The number of amides is 2. The van der Waals surface area contributed by atoms with Crippen LogP contribution in [0, 0.1) is 5.92 Å². The first-order chi connectivity index (χ1) is 11.0. The molecular weight excluding hydrogens is 300 g/mol. The second kappa shape index (κ2) is 7.71. The molecule has 1 aromatic carbocycles. The minimum absolute atomic E-state index is 0.172. The van der Waals surface area contributed by atoms with Gasteiger partial charge in [0.15, 0.2) is 11.5 Å². The van der Waals surface area contributed by atoms with E-state index in [0.29, 0.717) is 26.2 Å². The lowest BCUT2D eigenvalue weighted by atomic mass is 10.1. The summed E-state index contributed by atoms with van der Waals surface area (Å²) in [6.07, 6.45) is 0.657. The van der Waals surface area contributed by atoms with Crippen LogP contribution in [0.3, 0.4) is 0 Å². The van der Waals surface area contributed by atoms with Gasteiger partial charge >= 0.3 is 12.0 Å². The third-order valence-corrected chi connectivity index (χ3v) is 3.61. The number of fused-ring (bicyclic) bond motifs is 1. The van der Waals surface area contributed by atoms with E-state index >= 15 is 0 Å². The average Bonchev–Trinajstić information content (AvgIpc) is 2.54. The molecule has 23 heavy (non-hydrogen) atoms. The second-order valence-corrected chi connectivity index (χ2v) is 5.58. The van der Waals surface area contributed by atoms with Gasteiger partial charge in [-0.3, -0.25) is 4.79 Å². The first-order valence-corrected chi connectivity index (χ1v) is 7.57. The molecular formula is C16H22N2O5. The Balaban J connectivity index is 1.78. The minimum atomic E-state index is -0.916. The molecule has 126 valence electrons. The summed E-state index contributed by atoms with van der Waals surface area (Å²) in [5.41, 5.74) is 1.04. The smallest absolute Gasteiger partial charge is 0.317 e. The van der Waals surface area contributed by atoms with Gasteiger partial charge in [-0.1, -0.05) is 13.0 Å². The Morgan fingerprint density at radius 2 is 2.00 bits per heavy atom. The van der Waals surface area contributed by atoms with Crippen LogP contribution in [-0.4, -0.2) is 55.4 Å². The zero-order chi connectivity index (χ0) is 16.8. The number of carboxylic acids is 1. The highest BCUT2D eigenvalue weighted by molar-refractivity contribution is 5.75. The van der Waals surface area contributed by atoms with Crippen LogP contribution in [0.25, 0.3) is 0 Å². The van der Waals surface area contributed by atoms with E-state index in [2.05, 4.69) is 5.32 Å². The number of aliphatic carboxylic acids is 1. The van der Waals surface area contributed by atoms with Gasteiger partial charge in [0.05, 0.1) is 5.92 Å². The van der Waals surface area contributed by atoms with Crippen LogP contribution >= 0.6 is 0 Å². The van der Waals surface area contributed by atoms with Crippen molar-refractivity contribution in [2.45, 2.75) is 13.3 Å². The summed E-state index contributed by atoms with van der Waals surface area (Å²) in [7, 11) is 1.58. The van der Waals surface area contributed by atoms with E-state index in [4.69, 9.17) is 14.6 Å². The van der Waals surface area contributed by atoms with E-state index < -0.39 is 11.9 Å². The summed E-state index contributed by atoms with van der Waals surface area (Å²) in [4.78, 5) is 24.1. The molecule has 2 amide bonds. The summed E-state index contributed by atoms with van der Waals surface area (Å²) in [5.74, 6) is -0.0385. The lowest BCUT2D eigenvalue weighted by Gasteiger charge is -2.20. The van der Waals surface area contributed by atoms with Crippen molar-refractivity contribution in [3.8, 4) is 11.5 Å². The summed E-state index contributed by atoms with van der Waals surface area (Å²) >= 11 is 0. The van der Waals surface area contributed by atoms with Gasteiger partial charge in [-0.05, 0) is 24.1 Å². The minimum Gasteiger partial charge on any atom is -0.486 e. The third-order valence-electron chi connectivity index (χ3n) is 3.61. The molecule has 1 aliphatic heterocycles. The standard InChI is InChI=1S/C16H22N2O5/c1-11(15(19)20)10-18(2)16(21)17-6-5-12-3-4-13-14(9-12)23-8-7-22-13/h3-4,9,11H,5-8,10H2,1-2H3,(H,17,21)(H,19,20). The van der Waals surface area contributed by atoms with Crippen molar-refractivity contribution in [3.63, 3.8) is 0 Å². The molecule has 1 atom stereocenters. The van der Waals surface area contributed by atoms with Gasteiger partial charge in [-0.2, -0.15) is 0 Å². The monoisotopic (exact) mass is 322 g/mol. The highest BCUT2D eigenvalue weighted by Crippen LogP contribution is 2.30. The number of hydrogen-bond acceptors (Lipinski definition) is 4. The van der Waals surface area contributed by atoms with Crippen LogP contribution in [0.2, 0.25) is 0 Å². The molecule has 0 aromatic heterocycles. The van der Waals surface area contributed by atoms with Crippen molar-refractivity contribution in [1.29, 1.82) is 0 Å². The molecule has 0 fully saturated rings. The zero-order valence-corrected chi connectivity index (χ0v) is 13.4. The molecule has 0 aliphatic carbocycles. The number of nitrogens with zero attached hydrogens (tertiary/aromatic N) is 1. The number of nitrogens with one attached hydrogen (secondary N) is 1. The van der Waals surface area contributed by atoms with Crippen molar-refractivity contribution < 1.29 is 24.2 Å². The third kappa shape index (κ3) is 4.77. The van der Waals surface area contributed by atoms with Crippen molar-refractivity contribution in [2.24, 2.45) is 5.92 Å². The number of ether oxygens (including phenoxy) is 2. The van der Waals surface area contributed by atoms with Crippen LogP contribution in [-0.2, 0) is 11.2 Å². The Morgan fingerprint density at radius 3 is 2.70 bits per heavy atom. The second-order valence-electron chi connectivity index (χ2n) is 5.58. The molecule has 1 unspecified atom stereocenters. The quantitative estimate of drug-likeness (QED) is 0.826. The van der Waals surface area contributed by atoms with Gasteiger partial charge in [0.25, 0.3) is 0 Å². The Morgan fingerprint density at radius 1 is 1.30 bits per heavy atom. The van der Waals surface area contributed by atoms with Gasteiger partial charge in [0.2, 0.25) is 0 Å². The van der Waals surface area contributed by atoms with E-state index in [1.165, 1.54) is 4.90 Å². The first-order valence-electron chi connectivity index (χ1n) is 7.57. The Hall–Kier alpha value is -2.44. The number of urea groups is 1. The molecule has 1 aliphatic rings. The van der Waals surface area contributed by atoms with E-state index in [0.717, 1.165) is 17.1 Å². The Kier molecular flexibility index (Phi) is 5.67. The van der Waals surface area contributed by atoms with Gasteiger partial charge in [0, 0.05) is 20.1 Å². The summed E-state index contributed by atoms with van der Waals surface area (Å²) in [5, 5.41) is 11.6. The van der Waals surface area contributed by atoms with E-state index in [-0.39, 0.29) is 12.6 Å². The van der Waals surface area contributed by atoms with Crippen molar-refractivity contribution >= 4 is 12.0 Å². The Labute approximate surface area is 135 Å². The maximum absolute atomic E-state index is 11.9.